The largest absolute Gasteiger partial charge is 0.490 e. The molecule has 1 aliphatic heterocycles. The zero-order chi connectivity index (χ0) is 10.7. The summed E-state index contributed by atoms with van der Waals surface area (Å²) in [5.41, 5.74) is 1.88. The second-order valence-electron chi connectivity index (χ2n) is 3.36. The molecule has 4 heteroatoms. The van der Waals surface area contributed by atoms with Gasteiger partial charge in [0.15, 0.2) is 0 Å². The average Bonchev–Trinajstić information content (AvgIpc) is 2.29. The van der Waals surface area contributed by atoms with Crippen molar-refractivity contribution in [2.45, 2.75) is 6.42 Å². The molecule has 0 unspecified atom stereocenters. The van der Waals surface area contributed by atoms with Crippen LogP contribution in [0.15, 0.2) is 18.2 Å². The van der Waals surface area contributed by atoms with E-state index in [0.29, 0.717) is 13.0 Å². The van der Waals surface area contributed by atoms with Crippen molar-refractivity contribution in [3.63, 3.8) is 0 Å². The summed E-state index contributed by atoms with van der Waals surface area (Å²) in [6.45, 7) is 1.48. The van der Waals surface area contributed by atoms with Crippen molar-refractivity contribution in [1.29, 1.82) is 0 Å². The third kappa shape index (κ3) is 2.21. The van der Waals surface area contributed by atoms with E-state index in [0.717, 1.165) is 23.5 Å². The maximum atomic E-state index is 11.1. The standard InChI is InChI=1S/C11H13NO3/c1-14-11(13)7-8-2-3-10-9(6-8)12-4-5-15-10/h2-3,6,12H,4-5,7H2,1H3. The third-order valence-electron chi connectivity index (χ3n) is 2.30. The number of fused-ring (bicyclic) bond motifs is 1. The van der Waals surface area contributed by atoms with E-state index in [9.17, 15) is 4.79 Å². The van der Waals surface area contributed by atoms with Gasteiger partial charge < -0.3 is 14.8 Å². The summed E-state index contributed by atoms with van der Waals surface area (Å²) in [5.74, 6) is 0.613. The Bertz CT molecular complexity index is 376. The number of carbonyl (C=O) groups is 1. The van der Waals surface area contributed by atoms with E-state index in [2.05, 4.69) is 10.1 Å². The highest BCUT2D eigenvalue weighted by Gasteiger charge is 2.11. The van der Waals surface area contributed by atoms with Crippen LogP contribution in [0.2, 0.25) is 0 Å². The summed E-state index contributed by atoms with van der Waals surface area (Å²) in [6, 6.07) is 5.67. The van der Waals surface area contributed by atoms with Crippen LogP contribution >= 0.6 is 0 Å². The lowest BCUT2D eigenvalue weighted by Crippen LogP contribution is -2.18. The number of rotatable bonds is 2. The summed E-state index contributed by atoms with van der Waals surface area (Å²) in [5, 5.41) is 3.22. The van der Waals surface area contributed by atoms with Gasteiger partial charge in [-0.15, -0.1) is 0 Å². The fourth-order valence-electron chi connectivity index (χ4n) is 1.54. The van der Waals surface area contributed by atoms with E-state index >= 15 is 0 Å². The average molecular weight is 207 g/mol. The minimum absolute atomic E-state index is 0.230. The molecule has 1 aromatic rings. The van der Waals surface area contributed by atoms with Crippen LogP contribution in [-0.4, -0.2) is 26.2 Å². The van der Waals surface area contributed by atoms with Crippen molar-refractivity contribution in [1.82, 2.24) is 0 Å². The molecule has 0 aromatic heterocycles. The first-order valence-corrected chi connectivity index (χ1v) is 4.86. The Labute approximate surface area is 88.2 Å². The number of anilines is 1. The first-order valence-electron chi connectivity index (χ1n) is 4.86. The molecule has 1 aromatic carbocycles. The van der Waals surface area contributed by atoms with Crippen LogP contribution in [0.25, 0.3) is 0 Å². The Balaban J connectivity index is 2.17. The molecular weight excluding hydrogens is 194 g/mol. The van der Waals surface area contributed by atoms with E-state index in [1.807, 2.05) is 18.2 Å². The van der Waals surface area contributed by atoms with Gasteiger partial charge in [0.05, 0.1) is 19.2 Å². The van der Waals surface area contributed by atoms with E-state index in [4.69, 9.17) is 4.74 Å². The summed E-state index contributed by atoms with van der Waals surface area (Å²) in [7, 11) is 1.39. The highest BCUT2D eigenvalue weighted by molar-refractivity contribution is 5.73. The summed E-state index contributed by atoms with van der Waals surface area (Å²) in [6.07, 6.45) is 0.297. The number of hydrogen-bond donors (Lipinski definition) is 1. The molecule has 1 heterocycles. The first-order chi connectivity index (χ1) is 7.29. The van der Waals surface area contributed by atoms with Crippen LogP contribution in [0.3, 0.4) is 0 Å². The van der Waals surface area contributed by atoms with Crippen LogP contribution < -0.4 is 10.1 Å². The van der Waals surface area contributed by atoms with Crippen molar-refractivity contribution < 1.29 is 14.3 Å². The summed E-state index contributed by atoms with van der Waals surface area (Å²) >= 11 is 0. The van der Waals surface area contributed by atoms with Gasteiger partial charge in [-0.05, 0) is 17.7 Å². The Kier molecular flexibility index (Phi) is 2.76. The number of nitrogens with one attached hydrogen (secondary N) is 1. The van der Waals surface area contributed by atoms with Gasteiger partial charge in [0.1, 0.15) is 12.4 Å². The molecule has 0 radical (unpaired) electrons. The molecule has 0 fully saturated rings. The lowest BCUT2D eigenvalue weighted by molar-refractivity contribution is -0.139. The second-order valence-corrected chi connectivity index (χ2v) is 3.36. The third-order valence-corrected chi connectivity index (χ3v) is 2.30. The Morgan fingerprint density at radius 3 is 3.27 bits per heavy atom. The van der Waals surface area contributed by atoms with Gasteiger partial charge in [0, 0.05) is 6.54 Å². The quantitative estimate of drug-likeness (QED) is 0.740. The molecule has 2 rings (SSSR count). The molecule has 80 valence electrons. The molecule has 0 atom stereocenters. The minimum Gasteiger partial charge on any atom is -0.490 e. The molecule has 0 amide bonds. The van der Waals surface area contributed by atoms with Crippen LogP contribution in [-0.2, 0) is 16.0 Å². The number of carbonyl (C=O) groups excluding carboxylic acids is 1. The minimum atomic E-state index is -0.230. The van der Waals surface area contributed by atoms with Crippen molar-refractivity contribution >= 4 is 11.7 Å². The second kappa shape index (κ2) is 4.21. The molecule has 0 aliphatic carbocycles. The first kappa shape index (κ1) is 9.83. The van der Waals surface area contributed by atoms with Crippen molar-refractivity contribution in [3.8, 4) is 5.75 Å². The predicted molar refractivity (Wildman–Crippen MR) is 56.1 cm³/mol. The van der Waals surface area contributed by atoms with Gasteiger partial charge in [0.2, 0.25) is 0 Å². The number of esters is 1. The summed E-state index contributed by atoms with van der Waals surface area (Å²) < 4.78 is 10.0. The maximum absolute atomic E-state index is 11.1. The maximum Gasteiger partial charge on any atom is 0.309 e. The number of methoxy groups -OCH3 is 1. The van der Waals surface area contributed by atoms with Gasteiger partial charge in [-0.2, -0.15) is 0 Å². The van der Waals surface area contributed by atoms with Crippen LogP contribution in [0, 0.1) is 0 Å². The van der Waals surface area contributed by atoms with Gasteiger partial charge in [0.25, 0.3) is 0 Å². The fraction of sp³-hybridized carbons (Fsp3) is 0.364. The van der Waals surface area contributed by atoms with Gasteiger partial charge >= 0.3 is 5.97 Å². The Morgan fingerprint density at radius 1 is 1.60 bits per heavy atom. The number of hydrogen-bond acceptors (Lipinski definition) is 4. The van der Waals surface area contributed by atoms with Gasteiger partial charge in [-0.3, -0.25) is 4.79 Å². The molecule has 1 N–H and O–H groups in total. The SMILES string of the molecule is COC(=O)Cc1ccc2c(c1)NCCO2. The molecule has 4 nitrogen and oxygen atoms in total. The lowest BCUT2D eigenvalue weighted by atomic mass is 10.1. The monoisotopic (exact) mass is 207 g/mol. The molecule has 0 bridgehead atoms. The van der Waals surface area contributed by atoms with Crippen molar-refractivity contribution in [2.24, 2.45) is 0 Å². The van der Waals surface area contributed by atoms with Crippen molar-refractivity contribution in [3.05, 3.63) is 23.8 Å². The molecule has 0 saturated carbocycles. The molecule has 1 aliphatic rings. The number of benzene rings is 1. The normalized spacial score (nSPS) is 13.4. The van der Waals surface area contributed by atoms with E-state index < -0.39 is 0 Å². The zero-order valence-corrected chi connectivity index (χ0v) is 8.58. The number of ether oxygens (including phenoxy) is 2. The van der Waals surface area contributed by atoms with Crippen LogP contribution in [0.1, 0.15) is 5.56 Å². The fourth-order valence-corrected chi connectivity index (χ4v) is 1.54. The lowest BCUT2D eigenvalue weighted by Gasteiger charge is -2.19. The van der Waals surface area contributed by atoms with Gasteiger partial charge in [-0.25, -0.2) is 0 Å². The molecule has 0 spiro atoms. The molecule has 15 heavy (non-hydrogen) atoms. The highest BCUT2D eigenvalue weighted by Crippen LogP contribution is 2.28. The molecular formula is C11H13NO3. The van der Waals surface area contributed by atoms with E-state index in [1.54, 1.807) is 0 Å². The smallest absolute Gasteiger partial charge is 0.309 e. The predicted octanol–water partition coefficient (Wildman–Crippen LogP) is 1.21. The zero-order valence-electron chi connectivity index (χ0n) is 8.58. The van der Waals surface area contributed by atoms with Crippen LogP contribution in [0.4, 0.5) is 5.69 Å². The highest BCUT2D eigenvalue weighted by atomic mass is 16.5. The Hall–Kier alpha value is -1.71. The summed E-state index contributed by atoms with van der Waals surface area (Å²) in [4.78, 5) is 11.1. The van der Waals surface area contributed by atoms with Crippen molar-refractivity contribution in [2.75, 3.05) is 25.6 Å². The van der Waals surface area contributed by atoms with Crippen LogP contribution in [0.5, 0.6) is 5.75 Å². The topological polar surface area (TPSA) is 47.6 Å². The molecule has 0 saturated heterocycles. The van der Waals surface area contributed by atoms with E-state index in [1.165, 1.54) is 7.11 Å². The van der Waals surface area contributed by atoms with E-state index in [-0.39, 0.29) is 5.97 Å². The van der Waals surface area contributed by atoms with Gasteiger partial charge in [-0.1, -0.05) is 6.07 Å². The Morgan fingerprint density at radius 2 is 2.47 bits per heavy atom.